The van der Waals surface area contributed by atoms with E-state index >= 15 is 0 Å². The third-order valence-corrected chi connectivity index (χ3v) is 5.89. The van der Waals surface area contributed by atoms with E-state index in [1.54, 1.807) is 24.3 Å². The molecular formula is C21H23ClFN5S. The van der Waals surface area contributed by atoms with Gasteiger partial charge in [0.1, 0.15) is 10.8 Å². The number of benzene rings is 2. The molecule has 2 heterocycles. The van der Waals surface area contributed by atoms with Crippen molar-refractivity contribution in [3.05, 3.63) is 58.9 Å². The minimum atomic E-state index is -0.271. The lowest BCUT2D eigenvalue weighted by Crippen LogP contribution is -2.46. The average Bonchev–Trinajstić information content (AvgIpc) is 3.14. The third-order valence-electron chi connectivity index (χ3n) is 5.26. The summed E-state index contributed by atoms with van der Waals surface area (Å²) in [6.45, 7) is 1.95. The first-order valence-electron chi connectivity index (χ1n) is 9.74. The van der Waals surface area contributed by atoms with Gasteiger partial charge >= 0.3 is 0 Å². The van der Waals surface area contributed by atoms with Crippen LogP contribution in [0, 0.1) is 5.82 Å². The van der Waals surface area contributed by atoms with Gasteiger partial charge in [-0.3, -0.25) is 5.01 Å². The van der Waals surface area contributed by atoms with Crippen molar-refractivity contribution in [1.82, 2.24) is 10.4 Å². The summed E-state index contributed by atoms with van der Waals surface area (Å²) in [5, 5.41) is 9.31. The van der Waals surface area contributed by atoms with Gasteiger partial charge in [0.25, 0.3) is 0 Å². The van der Waals surface area contributed by atoms with Gasteiger partial charge in [0, 0.05) is 25.2 Å². The van der Waals surface area contributed by atoms with E-state index in [0.29, 0.717) is 22.1 Å². The Balaban J connectivity index is 1.62. The second-order valence-electron chi connectivity index (χ2n) is 7.36. The highest BCUT2D eigenvalue weighted by atomic mass is 35.5. The molecule has 3 N–H and O–H groups in total. The van der Waals surface area contributed by atoms with E-state index in [-0.39, 0.29) is 11.9 Å². The maximum Gasteiger partial charge on any atom is 0.137 e. The summed E-state index contributed by atoms with van der Waals surface area (Å²) in [6.07, 6.45) is 4.18. The molecular weight excluding hydrogens is 409 g/mol. The van der Waals surface area contributed by atoms with Crippen molar-refractivity contribution in [1.29, 1.82) is 0 Å². The van der Waals surface area contributed by atoms with Crippen LogP contribution in [0.2, 0.25) is 5.02 Å². The number of thiocarbonyl (C=S) groups is 1. The summed E-state index contributed by atoms with van der Waals surface area (Å²) in [4.78, 5) is 0.619. The van der Waals surface area contributed by atoms with Gasteiger partial charge in [0.05, 0.1) is 22.5 Å². The minimum Gasteiger partial charge on any atom is -0.399 e. The van der Waals surface area contributed by atoms with Crippen LogP contribution in [-0.2, 0) is 0 Å². The third kappa shape index (κ3) is 4.52. The maximum absolute atomic E-state index is 13.5. The number of hydrazine groups is 1. The summed E-state index contributed by atoms with van der Waals surface area (Å²) in [6, 6.07) is 11.7. The predicted molar refractivity (Wildman–Crippen MR) is 121 cm³/mol. The number of rotatable bonds is 4. The van der Waals surface area contributed by atoms with Crippen LogP contribution >= 0.6 is 23.8 Å². The molecule has 0 aliphatic carbocycles. The van der Waals surface area contributed by atoms with Gasteiger partial charge in [-0.1, -0.05) is 42.4 Å². The zero-order valence-electron chi connectivity index (χ0n) is 15.9. The number of hydrogen-bond acceptors (Lipinski definition) is 5. The highest BCUT2D eigenvalue weighted by molar-refractivity contribution is 7.82. The smallest absolute Gasteiger partial charge is 0.137 e. The Labute approximate surface area is 180 Å². The number of piperidine rings is 1. The Morgan fingerprint density at radius 2 is 1.86 bits per heavy atom. The van der Waals surface area contributed by atoms with Gasteiger partial charge in [-0.15, -0.1) is 0 Å². The molecule has 0 amide bonds. The molecule has 1 unspecified atom stereocenters. The average molecular weight is 432 g/mol. The molecule has 152 valence electrons. The standard InChI is InChI=1S/C21H23ClFN5S/c22-17-12-16(24)8-9-19(17)28-20(14-4-6-15(23)7-5-14)13-18(25-28)21(29)26-27-10-2-1-3-11-27/h4-9,12,20H,1-3,10-11,13,24H2,(H,26,29). The fourth-order valence-electron chi connectivity index (χ4n) is 3.74. The molecule has 0 saturated carbocycles. The van der Waals surface area contributed by atoms with E-state index in [9.17, 15) is 4.39 Å². The Morgan fingerprint density at radius 1 is 1.14 bits per heavy atom. The number of hydrazone groups is 1. The normalized spacial score (nSPS) is 19.9. The molecule has 29 heavy (non-hydrogen) atoms. The first kappa shape index (κ1) is 20.1. The topological polar surface area (TPSA) is 56.9 Å². The Morgan fingerprint density at radius 3 is 2.55 bits per heavy atom. The molecule has 1 atom stereocenters. The lowest BCUT2D eigenvalue weighted by molar-refractivity contribution is 0.197. The molecule has 2 aliphatic rings. The van der Waals surface area contributed by atoms with E-state index in [1.165, 1.54) is 18.6 Å². The SMILES string of the molecule is Nc1ccc(N2N=C(C(=S)NN3CCCCC3)CC2c2ccc(F)cc2)c(Cl)c1. The largest absolute Gasteiger partial charge is 0.399 e. The first-order valence-corrected chi connectivity index (χ1v) is 10.5. The van der Waals surface area contributed by atoms with Crippen molar-refractivity contribution in [2.24, 2.45) is 5.10 Å². The number of hydrogen-bond donors (Lipinski definition) is 2. The van der Waals surface area contributed by atoms with Crippen LogP contribution < -0.4 is 16.2 Å². The monoisotopic (exact) mass is 431 g/mol. The molecule has 2 aromatic carbocycles. The Hall–Kier alpha value is -2.22. The van der Waals surface area contributed by atoms with Gasteiger partial charge < -0.3 is 11.2 Å². The van der Waals surface area contributed by atoms with Crippen molar-refractivity contribution in [3.8, 4) is 0 Å². The summed E-state index contributed by atoms with van der Waals surface area (Å²) >= 11 is 12.1. The van der Waals surface area contributed by atoms with Gasteiger partial charge in [-0.25, -0.2) is 9.40 Å². The van der Waals surface area contributed by atoms with Crippen LogP contribution in [-0.4, -0.2) is 28.8 Å². The summed E-state index contributed by atoms with van der Waals surface area (Å²) < 4.78 is 13.5. The van der Waals surface area contributed by atoms with Crippen molar-refractivity contribution < 1.29 is 4.39 Å². The van der Waals surface area contributed by atoms with E-state index in [0.717, 1.165) is 42.9 Å². The predicted octanol–water partition coefficient (Wildman–Crippen LogP) is 4.69. The minimum absolute atomic E-state index is 0.132. The van der Waals surface area contributed by atoms with E-state index in [2.05, 4.69) is 10.4 Å². The van der Waals surface area contributed by atoms with Crippen molar-refractivity contribution in [2.45, 2.75) is 31.7 Å². The van der Waals surface area contributed by atoms with Crippen molar-refractivity contribution >= 4 is 45.9 Å². The first-order chi connectivity index (χ1) is 14.0. The van der Waals surface area contributed by atoms with Crippen LogP contribution in [0.15, 0.2) is 47.6 Å². The number of nitrogens with two attached hydrogens (primary N) is 1. The second kappa shape index (κ2) is 8.65. The number of nitrogens with zero attached hydrogens (tertiary/aromatic N) is 3. The zero-order chi connectivity index (χ0) is 20.4. The van der Waals surface area contributed by atoms with Gasteiger partial charge in [0.15, 0.2) is 0 Å². The van der Waals surface area contributed by atoms with E-state index in [4.69, 9.17) is 34.7 Å². The molecule has 0 spiro atoms. The van der Waals surface area contributed by atoms with E-state index in [1.807, 2.05) is 11.1 Å². The number of nitrogen functional groups attached to an aromatic ring is 1. The number of anilines is 2. The lowest BCUT2D eigenvalue weighted by atomic mass is 10.0. The quantitative estimate of drug-likeness (QED) is 0.543. The fourth-order valence-corrected chi connectivity index (χ4v) is 4.27. The van der Waals surface area contributed by atoms with Gasteiger partial charge in [-0.05, 0) is 48.7 Å². The summed E-state index contributed by atoms with van der Waals surface area (Å²) in [5.41, 5.74) is 12.2. The Kier molecular flexibility index (Phi) is 5.99. The number of halogens is 2. The highest BCUT2D eigenvalue weighted by Crippen LogP contribution is 2.39. The molecule has 1 saturated heterocycles. The fraction of sp³-hybridized carbons (Fsp3) is 0.333. The highest BCUT2D eigenvalue weighted by Gasteiger charge is 2.32. The molecule has 0 bridgehead atoms. The summed E-state index contributed by atoms with van der Waals surface area (Å²) in [7, 11) is 0. The number of nitrogens with one attached hydrogen (secondary N) is 1. The molecule has 0 radical (unpaired) electrons. The molecule has 0 aromatic heterocycles. The maximum atomic E-state index is 13.5. The molecule has 2 aliphatic heterocycles. The van der Waals surface area contributed by atoms with Crippen LogP contribution in [0.25, 0.3) is 0 Å². The van der Waals surface area contributed by atoms with Crippen LogP contribution in [0.3, 0.4) is 0 Å². The molecule has 1 fully saturated rings. The molecule has 8 heteroatoms. The van der Waals surface area contributed by atoms with E-state index < -0.39 is 0 Å². The molecule has 2 aromatic rings. The van der Waals surface area contributed by atoms with Crippen LogP contribution in [0.1, 0.15) is 37.3 Å². The molecule has 4 rings (SSSR count). The zero-order valence-corrected chi connectivity index (χ0v) is 17.5. The van der Waals surface area contributed by atoms with Gasteiger partial charge in [0.2, 0.25) is 0 Å². The van der Waals surface area contributed by atoms with Crippen molar-refractivity contribution in [2.75, 3.05) is 23.8 Å². The second-order valence-corrected chi connectivity index (χ2v) is 8.18. The molecule has 5 nitrogen and oxygen atoms in total. The van der Waals surface area contributed by atoms with Crippen LogP contribution in [0.4, 0.5) is 15.8 Å². The van der Waals surface area contributed by atoms with Gasteiger partial charge in [-0.2, -0.15) is 5.10 Å². The van der Waals surface area contributed by atoms with Crippen molar-refractivity contribution in [3.63, 3.8) is 0 Å². The lowest BCUT2D eigenvalue weighted by Gasteiger charge is -2.27. The summed E-state index contributed by atoms with van der Waals surface area (Å²) in [5.74, 6) is -0.271. The Bertz CT molecular complexity index is 927. The van der Waals surface area contributed by atoms with Crippen LogP contribution in [0.5, 0.6) is 0 Å².